The van der Waals surface area contributed by atoms with Gasteiger partial charge in [0.05, 0.1) is 5.71 Å². The molecule has 23 heavy (non-hydrogen) atoms. The van der Waals surface area contributed by atoms with Crippen molar-refractivity contribution >= 4 is 17.3 Å². The number of nitrogens with zero attached hydrogens (tertiary/aromatic N) is 1. The molecule has 0 radical (unpaired) electrons. The maximum absolute atomic E-state index is 13.7. The molecule has 3 nitrogen and oxygen atoms in total. The van der Waals surface area contributed by atoms with Crippen LogP contribution in [0.15, 0.2) is 47.6 Å². The highest BCUT2D eigenvalue weighted by Crippen LogP contribution is 2.20. The number of nitrogens with one attached hydrogen (secondary N) is 1. The number of halogens is 3. The first-order valence-corrected chi connectivity index (χ1v) is 7.63. The Bertz CT molecular complexity index is 736. The second kappa shape index (κ2) is 7.06. The molecule has 1 N–H and O–H groups in total. The van der Waals surface area contributed by atoms with Crippen LogP contribution in [0.1, 0.15) is 17.5 Å². The van der Waals surface area contributed by atoms with Crippen LogP contribution in [0.25, 0.3) is 0 Å². The summed E-state index contributed by atoms with van der Waals surface area (Å²) in [5.41, 5.74) is 1.77. The van der Waals surface area contributed by atoms with Crippen molar-refractivity contribution < 1.29 is 13.6 Å². The van der Waals surface area contributed by atoms with Gasteiger partial charge in [-0.15, -0.1) is 0 Å². The van der Waals surface area contributed by atoms with Crippen molar-refractivity contribution in [2.75, 3.05) is 6.54 Å². The highest BCUT2D eigenvalue weighted by Gasteiger charge is 2.24. The van der Waals surface area contributed by atoms with Gasteiger partial charge < -0.3 is 10.2 Å². The minimum Gasteiger partial charge on any atom is -0.390 e. The van der Waals surface area contributed by atoms with Crippen molar-refractivity contribution in [3.63, 3.8) is 0 Å². The maximum Gasteiger partial charge on any atom is 0.145 e. The molecule has 1 atom stereocenters. The second-order valence-corrected chi connectivity index (χ2v) is 5.72. The fourth-order valence-corrected chi connectivity index (χ4v) is 2.63. The Balaban J connectivity index is 1.52. The van der Waals surface area contributed by atoms with Gasteiger partial charge in [-0.2, -0.15) is 0 Å². The van der Waals surface area contributed by atoms with Crippen LogP contribution < -0.4 is 5.32 Å². The summed E-state index contributed by atoms with van der Waals surface area (Å²) < 4.78 is 26.7. The van der Waals surface area contributed by atoms with Gasteiger partial charge in [0.15, 0.2) is 0 Å². The maximum atomic E-state index is 13.7. The Kier molecular flexibility index (Phi) is 4.88. The van der Waals surface area contributed by atoms with E-state index in [0.29, 0.717) is 30.2 Å². The zero-order valence-corrected chi connectivity index (χ0v) is 13.0. The highest BCUT2D eigenvalue weighted by molar-refractivity contribution is 6.31. The minimum atomic E-state index is -0.628. The number of hydrogen-bond donors (Lipinski definition) is 1. The summed E-state index contributed by atoms with van der Waals surface area (Å²) in [6.07, 6.45) is 0.287. The lowest BCUT2D eigenvalue weighted by Gasteiger charge is -2.10. The van der Waals surface area contributed by atoms with Crippen LogP contribution in [0.5, 0.6) is 0 Å². The van der Waals surface area contributed by atoms with Crippen molar-refractivity contribution in [1.82, 2.24) is 5.32 Å². The molecule has 2 aromatic rings. The van der Waals surface area contributed by atoms with E-state index < -0.39 is 11.6 Å². The van der Waals surface area contributed by atoms with Crippen molar-refractivity contribution in [2.45, 2.75) is 19.1 Å². The Hall–Kier alpha value is -1.98. The van der Waals surface area contributed by atoms with Crippen molar-refractivity contribution in [3.8, 4) is 0 Å². The number of oxime groups is 1. The van der Waals surface area contributed by atoms with Gasteiger partial charge in [-0.3, -0.25) is 0 Å². The first-order valence-electron chi connectivity index (χ1n) is 7.25. The van der Waals surface area contributed by atoms with E-state index in [1.54, 1.807) is 0 Å². The fourth-order valence-electron chi connectivity index (χ4n) is 2.43. The molecule has 0 aromatic heterocycles. The zero-order chi connectivity index (χ0) is 16.2. The summed E-state index contributed by atoms with van der Waals surface area (Å²) in [4.78, 5) is 5.31. The largest absolute Gasteiger partial charge is 0.390 e. The van der Waals surface area contributed by atoms with Crippen LogP contribution in [0.2, 0.25) is 5.02 Å². The van der Waals surface area contributed by atoms with Crippen LogP contribution in [-0.4, -0.2) is 18.4 Å². The van der Waals surface area contributed by atoms with E-state index in [1.165, 1.54) is 12.1 Å². The first kappa shape index (κ1) is 15.9. The molecule has 3 rings (SSSR count). The molecule has 0 saturated heterocycles. The van der Waals surface area contributed by atoms with Gasteiger partial charge in [-0.25, -0.2) is 8.78 Å². The lowest BCUT2D eigenvalue weighted by molar-refractivity contribution is 0.0848. The zero-order valence-electron chi connectivity index (χ0n) is 12.2. The number of benzene rings is 2. The van der Waals surface area contributed by atoms with E-state index in [0.717, 1.165) is 11.6 Å². The molecule has 6 heteroatoms. The van der Waals surface area contributed by atoms with Crippen molar-refractivity contribution in [2.24, 2.45) is 5.16 Å². The van der Waals surface area contributed by atoms with Crippen LogP contribution in [0.3, 0.4) is 0 Å². The van der Waals surface area contributed by atoms with E-state index >= 15 is 0 Å². The Morgan fingerprint density at radius 2 is 2.04 bits per heavy atom. The molecule has 2 aromatic carbocycles. The van der Waals surface area contributed by atoms with Gasteiger partial charge in [0.2, 0.25) is 0 Å². The predicted molar refractivity (Wildman–Crippen MR) is 85.5 cm³/mol. The third-order valence-corrected chi connectivity index (χ3v) is 3.99. The first-order chi connectivity index (χ1) is 11.1. The van der Waals surface area contributed by atoms with E-state index in [2.05, 4.69) is 10.5 Å². The fraction of sp³-hybridized carbons (Fsp3) is 0.235. The molecule has 120 valence electrons. The Labute approximate surface area is 137 Å². The third-order valence-electron chi connectivity index (χ3n) is 3.62. The number of hydrogen-bond acceptors (Lipinski definition) is 3. The molecule has 1 heterocycles. The molecule has 0 bridgehead atoms. The van der Waals surface area contributed by atoms with Crippen molar-refractivity contribution in [3.05, 3.63) is 70.2 Å². The molecule has 0 saturated carbocycles. The van der Waals surface area contributed by atoms with Crippen LogP contribution in [0.4, 0.5) is 8.78 Å². The van der Waals surface area contributed by atoms with Gasteiger partial charge in [0.1, 0.15) is 17.7 Å². The van der Waals surface area contributed by atoms with E-state index in [-0.39, 0.29) is 11.7 Å². The summed E-state index contributed by atoms with van der Waals surface area (Å²) in [6.45, 7) is 1.17. The van der Waals surface area contributed by atoms with E-state index in [1.807, 2.05) is 24.3 Å². The number of rotatable bonds is 5. The molecular formula is C17H15ClF2N2O. The quantitative estimate of drug-likeness (QED) is 0.898. The van der Waals surface area contributed by atoms with Gasteiger partial charge in [0, 0.05) is 36.2 Å². The molecule has 0 aliphatic carbocycles. The topological polar surface area (TPSA) is 33.6 Å². The van der Waals surface area contributed by atoms with Gasteiger partial charge >= 0.3 is 0 Å². The molecule has 1 aliphatic heterocycles. The highest BCUT2D eigenvalue weighted by atomic mass is 35.5. The molecule has 1 unspecified atom stereocenters. The molecule has 0 spiro atoms. The summed E-state index contributed by atoms with van der Waals surface area (Å²) >= 11 is 6.09. The normalized spacial score (nSPS) is 17.0. The smallest absolute Gasteiger partial charge is 0.145 e. The molecular weight excluding hydrogens is 322 g/mol. The average molecular weight is 337 g/mol. The van der Waals surface area contributed by atoms with Crippen LogP contribution in [0, 0.1) is 11.6 Å². The molecule has 1 aliphatic rings. The van der Waals surface area contributed by atoms with Gasteiger partial charge in [-0.1, -0.05) is 35.0 Å². The van der Waals surface area contributed by atoms with Gasteiger partial charge in [-0.05, 0) is 23.8 Å². The van der Waals surface area contributed by atoms with E-state index in [4.69, 9.17) is 16.4 Å². The average Bonchev–Trinajstić information content (AvgIpc) is 2.98. The SMILES string of the molecule is Fc1ccc(C2=NOC(CNCc3ccccc3Cl)C2)c(F)c1. The minimum absolute atomic E-state index is 0.183. The molecule has 0 amide bonds. The van der Waals surface area contributed by atoms with E-state index in [9.17, 15) is 8.78 Å². The Morgan fingerprint density at radius 3 is 2.83 bits per heavy atom. The van der Waals surface area contributed by atoms with Gasteiger partial charge in [0.25, 0.3) is 0 Å². The lowest BCUT2D eigenvalue weighted by atomic mass is 10.0. The summed E-state index contributed by atoms with van der Waals surface area (Å²) in [5, 5.41) is 7.86. The van der Waals surface area contributed by atoms with Crippen LogP contribution in [-0.2, 0) is 11.4 Å². The summed E-state index contributed by atoms with van der Waals surface area (Å²) in [5.74, 6) is -1.24. The predicted octanol–water partition coefficient (Wildman–Crippen LogP) is 3.90. The third kappa shape index (κ3) is 3.86. The molecule has 0 fully saturated rings. The van der Waals surface area contributed by atoms with Crippen molar-refractivity contribution in [1.29, 1.82) is 0 Å². The summed E-state index contributed by atoms with van der Waals surface area (Å²) in [7, 11) is 0. The lowest BCUT2D eigenvalue weighted by Crippen LogP contribution is -2.27. The standard InChI is InChI=1S/C17H15ClF2N2O/c18-15-4-2-1-3-11(15)9-21-10-13-8-17(22-23-13)14-6-5-12(19)7-16(14)20/h1-7,13,21H,8-10H2. The monoisotopic (exact) mass is 336 g/mol. The summed E-state index contributed by atoms with van der Waals surface area (Å²) in [6, 6.07) is 11.0. The second-order valence-electron chi connectivity index (χ2n) is 5.32. The van der Waals surface area contributed by atoms with Crippen LogP contribution >= 0.6 is 11.6 Å². The Morgan fingerprint density at radius 1 is 1.22 bits per heavy atom.